The number of hydrogen-bond donors (Lipinski definition) is 0. The third-order valence-electron chi connectivity index (χ3n) is 5.00. The van der Waals surface area contributed by atoms with Crippen molar-refractivity contribution >= 4 is 5.91 Å². The van der Waals surface area contributed by atoms with Crippen molar-refractivity contribution in [3.63, 3.8) is 0 Å². The molecule has 1 aromatic carbocycles. The van der Waals surface area contributed by atoms with Gasteiger partial charge in [0.1, 0.15) is 11.6 Å². The standard InChI is InChI=1S/C18H23N5O2/c1-12-19-20-17-16(18(24)21(2)3)22(7-8-23(12)17)11-13-4-5-15-14(10-13)6-9-25-15/h4-5,10,16H,6-9,11H2,1-3H3/t16-/m1/s1. The average molecular weight is 341 g/mol. The number of aryl methyl sites for hydroxylation is 1. The number of hydrogen-bond acceptors (Lipinski definition) is 5. The average Bonchev–Trinajstić information content (AvgIpc) is 3.20. The Bertz CT molecular complexity index is 814. The van der Waals surface area contributed by atoms with Gasteiger partial charge in [-0.15, -0.1) is 10.2 Å². The zero-order valence-electron chi connectivity index (χ0n) is 14.9. The number of rotatable bonds is 3. The van der Waals surface area contributed by atoms with Crippen molar-refractivity contribution in [3.8, 4) is 5.75 Å². The van der Waals surface area contributed by atoms with Crippen molar-refractivity contribution in [1.29, 1.82) is 0 Å². The zero-order valence-corrected chi connectivity index (χ0v) is 14.9. The fraction of sp³-hybridized carbons (Fsp3) is 0.500. The van der Waals surface area contributed by atoms with Crippen LogP contribution in [0.25, 0.3) is 0 Å². The van der Waals surface area contributed by atoms with Crippen LogP contribution < -0.4 is 4.74 Å². The topological polar surface area (TPSA) is 63.5 Å². The van der Waals surface area contributed by atoms with Crippen LogP contribution in [0, 0.1) is 6.92 Å². The lowest BCUT2D eigenvalue weighted by molar-refractivity contribution is -0.136. The molecule has 25 heavy (non-hydrogen) atoms. The van der Waals surface area contributed by atoms with Crippen LogP contribution >= 0.6 is 0 Å². The number of carbonyl (C=O) groups excluding carboxylic acids is 1. The van der Waals surface area contributed by atoms with Crippen LogP contribution in [0.1, 0.15) is 28.8 Å². The van der Waals surface area contributed by atoms with E-state index in [2.05, 4.69) is 31.8 Å². The molecule has 2 aliphatic heterocycles. The Morgan fingerprint density at radius 3 is 2.96 bits per heavy atom. The molecule has 0 unspecified atom stereocenters. The molecule has 0 saturated heterocycles. The summed E-state index contributed by atoms with van der Waals surface area (Å²) in [6, 6.07) is 5.93. The lowest BCUT2D eigenvalue weighted by atomic mass is 10.1. The summed E-state index contributed by atoms with van der Waals surface area (Å²) in [6.07, 6.45) is 0.955. The molecule has 1 aromatic heterocycles. The number of amides is 1. The fourth-order valence-electron chi connectivity index (χ4n) is 3.65. The molecule has 7 nitrogen and oxygen atoms in total. The van der Waals surface area contributed by atoms with E-state index < -0.39 is 6.04 Å². The Hall–Kier alpha value is -2.41. The molecule has 2 aromatic rings. The molecule has 3 heterocycles. The molecule has 0 spiro atoms. The number of ether oxygens (including phenoxy) is 1. The highest BCUT2D eigenvalue weighted by molar-refractivity contribution is 5.82. The van der Waals surface area contributed by atoms with Crippen molar-refractivity contribution in [1.82, 2.24) is 24.6 Å². The molecular formula is C18H23N5O2. The number of aromatic nitrogens is 3. The zero-order chi connectivity index (χ0) is 17.6. The maximum Gasteiger partial charge on any atom is 0.247 e. The minimum atomic E-state index is -0.394. The van der Waals surface area contributed by atoms with E-state index in [1.807, 2.05) is 13.0 Å². The first kappa shape index (κ1) is 16.1. The van der Waals surface area contributed by atoms with Gasteiger partial charge < -0.3 is 14.2 Å². The van der Waals surface area contributed by atoms with Crippen LogP contribution in [0.15, 0.2) is 18.2 Å². The fourth-order valence-corrected chi connectivity index (χ4v) is 3.65. The van der Waals surface area contributed by atoms with Crippen LogP contribution in [0.4, 0.5) is 0 Å². The van der Waals surface area contributed by atoms with E-state index >= 15 is 0 Å². The monoisotopic (exact) mass is 341 g/mol. The highest BCUT2D eigenvalue weighted by atomic mass is 16.5. The molecule has 0 bridgehead atoms. The lowest BCUT2D eigenvalue weighted by Crippen LogP contribution is -2.45. The van der Waals surface area contributed by atoms with Crippen molar-refractivity contribution in [3.05, 3.63) is 41.0 Å². The summed E-state index contributed by atoms with van der Waals surface area (Å²) in [5, 5.41) is 8.47. The molecule has 2 aliphatic rings. The number of fused-ring (bicyclic) bond motifs is 2. The Labute approximate surface area is 147 Å². The van der Waals surface area contributed by atoms with Gasteiger partial charge >= 0.3 is 0 Å². The van der Waals surface area contributed by atoms with Gasteiger partial charge in [-0.1, -0.05) is 12.1 Å². The first-order chi connectivity index (χ1) is 12.0. The molecule has 0 N–H and O–H groups in total. The van der Waals surface area contributed by atoms with Crippen molar-refractivity contribution in [2.45, 2.75) is 32.5 Å². The second kappa shape index (κ2) is 6.15. The van der Waals surface area contributed by atoms with Gasteiger partial charge in [0.05, 0.1) is 6.61 Å². The molecule has 132 valence electrons. The van der Waals surface area contributed by atoms with Crippen LogP contribution in [-0.4, -0.2) is 57.7 Å². The molecule has 0 saturated carbocycles. The predicted octanol–water partition coefficient (Wildman–Crippen LogP) is 1.17. The van der Waals surface area contributed by atoms with E-state index in [-0.39, 0.29) is 5.91 Å². The van der Waals surface area contributed by atoms with Gasteiger partial charge in [-0.05, 0) is 24.1 Å². The Balaban J connectivity index is 1.64. The molecule has 1 amide bonds. The summed E-state index contributed by atoms with van der Waals surface area (Å²) in [6.45, 7) is 5.00. The largest absolute Gasteiger partial charge is 0.493 e. The maximum absolute atomic E-state index is 12.8. The van der Waals surface area contributed by atoms with E-state index in [1.165, 1.54) is 11.1 Å². The number of nitrogens with zero attached hydrogens (tertiary/aromatic N) is 5. The SMILES string of the molecule is Cc1nnc2n1CCN(Cc1ccc3c(c1)CCO3)[C@H]2C(=O)N(C)C. The van der Waals surface area contributed by atoms with E-state index in [9.17, 15) is 4.79 Å². The molecule has 0 radical (unpaired) electrons. The molecule has 1 atom stereocenters. The normalized spacial score (nSPS) is 19.2. The van der Waals surface area contributed by atoms with Crippen LogP contribution in [0.2, 0.25) is 0 Å². The van der Waals surface area contributed by atoms with Crippen molar-refractivity contribution in [2.24, 2.45) is 0 Å². The third-order valence-corrected chi connectivity index (χ3v) is 5.00. The molecular weight excluding hydrogens is 318 g/mol. The number of carbonyl (C=O) groups is 1. The van der Waals surface area contributed by atoms with E-state index in [1.54, 1.807) is 19.0 Å². The van der Waals surface area contributed by atoms with Gasteiger partial charge in [0.15, 0.2) is 11.9 Å². The smallest absolute Gasteiger partial charge is 0.247 e. The molecule has 0 aliphatic carbocycles. The summed E-state index contributed by atoms with van der Waals surface area (Å²) in [7, 11) is 3.57. The van der Waals surface area contributed by atoms with Gasteiger partial charge in [-0.25, -0.2) is 0 Å². The van der Waals surface area contributed by atoms with Gasteiger partial charge in [0.25, 0.3) is 0 Å². The highest BCUT2D eigenvalue weighted by Gasteiger charge is 2.37. The van der Waals surface area contributed by atoms with Crippen LogP contribution in [0.5, 0.6) is 5.75 Å². The summed E-state index contributed by atoms with van der Waals surface area (Å²) in [5.74, 6) is 2.63. The first-order valence-corrected chi connectivity index (χ1v) is 8.64. The summed E-state index contributed by atoms with van der Waals surface area (Å²) in [5.41, 5.74) is 2.45. The second-order valence-corrected chi connectivity index (χ2v) is 6.90. The van der Waals surface area contributed by atoms with Gasteiger partial charge in [0.2, 0.25) is 5.91 Å². The molecule has 7 heteroatoms. The van der Waals surface area contributed by atoms with E-state index in [0.29, 0.717) is 6.54 Å². The molecule has 4 rings (SSSR count). The van der Waals surface area contributed by atoms with Gasteiger partial charge in [-0.2, -0.15) is 0 Å². The van der Waals surface area contributed by atoms with Gasteiger partial charge in [0, 0.05) is 40.2 Å². The lowest BCUT2D eigenvalue weighted by Gasteiger charge is -2.36. The third kappa shape index (κ3) is 2.78. The van der Waals surface area contributed by atoms with Crippen LogP contribution in [-0.2, 0) is 24.3 Å². The Morgan fingerprint density at radius 2 is 2.16 bits per heavy atom. The van der Waals surface area contributed by atoms with Crippen LogP contribution in [0.3, 0.4) is 0 Å². The summed E-state index contributed by atoms with van der Waals surface area (Å²) < 4.78 is 7.64. The number of benzene rings is 1. The predicted molar refractivity (Wildman–Crippen MR) is 92.2 cm³/mol. The maximum atomic E-state index is 12.8. The van der Waals surface area contributed by atoms with E-state index in [4.69, 9.17) is 4.74 Å². The quantitative estimate of drug-likeness (QED) is 0.838. The second-order valence-electron chi connectivity index (χ2n) is 6.90. The highest BCUT2D eigenvalue weighted by Crippen LogP contribution is 2.30. The summed E-state index contributed by atoms with van der Waals surface area (Å²) >= 11 is 0. The molecule has 0 fully saturated rings. The Kier molecular flexibility index (Phi) is 3.95. The Morgan fingerprint density at radius 1 is 1.32 bits per heavy atom. The minimum absolute atomic E-state index is 0.0397. The minimum Gasteiger partial charge on any atom is -0.493 e. The first-order valence-electron chi connectivity index (χ1n) is 8.64. The van der Waals surface area contributed by atoms with Crippen molar-refractivity contribution < 1.29 is 9.53 Å². The van der Waals surface area contributed by atoms with Crippen molar-refractivity contribution in [2.75, 3.05) is 27.2 Å². The summed E-state index contributed by atoms with van der Waals surface area (Å²) in [4.78, 5) is 16.7. The van der Waals surface area contributed by atoms with E-state index in [0.717, 1.165) is 43.5 Å². The van der Waals surface area contributed by atoms with Gasteiger partial charge in [-0.3, -0.25) is 9.69 Å². The number of likely N-dealkylation sites (N-methyl/N-ethyl adjacent to an activating group) is 1.